The van der Waals surface area contributed by atoms with Crippen molar-refractivity contribution < 1.29 is 14.3 Å². The molecule has 3 aliphatic rings. The summed E-state index contributed by atoms with van der Waals surface area (Å²) in [5.41, 5.74) is 4.74. The van der Waals surface area contributed by atoms with Gasteiger partial charge in [0.05, 0.1) is 23.5 Å². The number of ether oxygens (including phenoxy) is 1. The second-order valence-electron chi connectivity index (χ2n) is 14.1. The SMILES string of the molecule is COc1ccc([C@H]2CC[C@H](CN(c3cccc(-c4cnc(C5CC5)s4)c3)C(=O)[C@H]3CC[C@H](NC(=O)CN(C)C)CC3)CC2)cc1C. The van der Waals surface area contributed by atoms with E-state index in [-0.39, 0.29) is 23.8 Å². The molecule has 246 valence electrons. The number of hydrogen-bond donors (Lipinski definition) is 1. The fourth-order valence-electron chi connectivity index (χ4n) is 7.45. The third-order valence-corrected chi connectivity index (χ3v) is 11.4. The van der Waals surface area contributed by atoms with Gasteiger partial charge in [-0.3, -0.25) is 9.59 Å². The maximum absolute atomic E-state index is 14.4. The Morgan fingerprint density at radius 1 is 0.935 bits per heavy atom. The Bertz CT molecular complexity index is 1500. The average molecular weight is 643 g/mol. The van der Waals surface area contributed by atoms with E-state index in [0.29, 0.717) is 24.3 Å². The minimum Gasteiger partial charge on any atom is -0.496 e. The Morgan fingerprint density at radius 2 is 1.67 bits per heavy atom. The number of rotatable bonds is 11. The fourth-order valence-corrected chi connectivity index (χ4v) is 8.53. The zero-order valence-electron chi connectivity index (χ0n) is 28.0. The number of anilines is 1. The number of nitrogens with zero attached hydrogens (tertiary/aromatic N) is 3. The van der Waals surface area contributed by atoms with Crippen molar-refractivity contribution in [3.05, 3.63) is 64.8 Å². The zero-order valence-corrected chi connectivity index (χ0v) is 28.8. The van der Waals surface area contributed by atoms with Crippen molar-refractivity contribution in [2.24, 2.45) is 11.8 Å². The average Bonchev–Trinajstić information content (AvgIpc) is 3.79. The van der Waals surface area contributed by atoms with E-state index < -0.39 is 0 Å². The molecular formula is C38H50N4O3S. The summed E-state index contributed by atoms with van der Waals surface area (Å²) in [6.07, 6.45) is 12.3. The Kier molecular flexibility index (Phi) is 10.4. The van der Waals surface area contributed by atoms with E-state index in [2.05, 4.69) is 59.6 Å². The van der Waals surface area contributed by atoms with Crippen LogP contribution >= 0.6 is 11.3 Å². The summed E-state index contributed by atoms with van der Waals surface area (Å²) >= 11 is 1.80. The van der Waals surface area contributed by atoms with Crippen LogP contribution < -0.4 is 15.0 Å². The summed E-state index contributed by atoms with van der Waals surface area (Å²) in [4.78, 5) is 36.7. The van der Waals surface area contributed by atoms with Gasteiger partial charge in [0.1, 0.15) is 5.75 Å². The lowest BCUT2D eigenvalue weighted by molar-refractivity contribution is -0.124. The molecule has 0 unspecified atom stereocenters. The smallest absolute Gasteiger partial charge is 0.234 e. The van der Waals surface area contributed by atoms with E-state index in [9.17, 15) is 9.59 Å². The molecule has 2 aromatic carbocycles. The third-order valence-electron chi connectivity index (χ3n) is 10.2. The largest absolute Gasteiger partial charge is 0.496 e. The summed E-state index contributed by atoms with van der Waals surface area (Å²) in [5, 5.41) is 4.43. The number of hydrogen-bond acceptors (Lipinski definition) is 6. The lowest BCUT2D eigenvalue weighted by Crippen LogP contribution is -2.45. The molecule has 7 nitrogen and oxygen atoms in total. The van der Waals surface area contributed by atoms with Crippen molar-refractivity contribution >= 4 is 28.8 Å². The number of nitrogens with one attached hydrogen (secondary N) is 1. The Labute approximate surface area is 278 Å². The monoisotopic (exact) mass is 642 g/mol. The quantitative estimate of drug-likeness (QED) is 0.234. The normalized spacial score (nSPS) is 23.2. The van der Waals surface area contributed by atoms with Crippen molar-refractivity contribution in [3.8, 4) is 16.2 Å². The number of benzene rings is 2. The molecule has 0 saturated heterocycles. The second kappa shape index (κ2) is 14.7. The first-order chi connectivity index (χ1) is 22.3. The maximum atomic E-state index is 14.4. The number of carbonyl (C=O) groups excluding carboxylic acids is 2. The van der Waals surface area contributed by atoms with Gasteiger partial charge in [-0.1, -0.05) is 24.3 Å². The van der Waals surface area contributed by atoms with Gasteiger partial charge in [0, 0.05) is 36.3 Å². The molecule has 0 radical (unpaired) electrons. The number of methoxy groups -OCH3 is 1. The van der Waals surface area contributed by atoms with Gasteiger partial charge in [-0.2, -0.15) is 0 Å². The molecule has 3 aliphatic carbocycles. The predicted octanol–water partition coefficient (Wildman–Crippen LogP) is 7.55. The Morgan fingerprint density at radius 3 is 2.35 bits per heavy atom. The number of carbonyl (C=O) groups is 2. The van der Waals surface area contributed by atoms with Crippen LogP contribution in [0.3, 0.4) is 0 Å². The second-order valence-corrected chi connectivity index (χ2v) is 15.2. The molecule has 1 aromatic heterocycles. The van der Waals surface area contributed by atoms with Crippen LogP contribution in [-0.2, 0) is 9.59 Å². The molecular weight excluding hydrogens is 593 g/mol. The highest BCUT2D eigenvalue weighted by Gasteiger charge is 2.33. The lowest BCUT2D eigenvalue weighted by atomic mass is 9.78. The van der Waals surface area contributed by atoms with Crippen molar-refractivity contribution in [2.75, 3.05) is 39.2 Å². The number of amides is 2. The minimum absolute atomic E-state index is 0.0193. The summed E-state index contributed by atoms with van der Waals surface area (Å²) in [7, 11) is 5.55. The molecule has 3 saturated carbocycles. The molecule has 1 N–H and O–H groups in total. The van der Waals surface area contributed by atoms with E-state index in [1.54, 1.807) is 18.4 Å². The van der Waals surface area contributed by atoms with Crippen molar-refractivity contribution in [1.82, 2.24) is 15.2 Å². The van der Waals surface area contributed by atoms with Gasteiger partial charge in [-0.15, -0.1) is 11.3 Å². The van der Waals surface area contributed by atoms with Crippen LogP contribution in [0.15, 0.2) is 48.7 Å². The molecule has 3 aromatic rings. The molecule has 3 fully saturated rings. The van der Waals surface area contributed by atoms with E-state index in [4.69, 9.17) is 9.72 Å². The Balaban J connectivity index is 1.16. The van der Waals surface area contributed by atoms with Crippen LogP contribution in [0.5, 0.6) is 5.75 Å². The summed E-state index contributed by atoms with van der Waals surface area (Å²) in [5.74, 6) is 2.89. The van der Waals surface area contributed by atoms with Crippen molar-refractivity contribution in [3.63, 3.8) is 0 Å². The lowest BCUT2D eigenvalue weighted by Gasteiger charge is -2.36. The molecule has 46 heavy (non-hydrogen) atoms. The highest BCUT2D eigenvalue weighted by atomic mass is 32.1. The third kappa shape index (κ3) is 8.00. The standard InChI is InChI=1S/C38H50N4O3S/c1-25-20-30(16-19-34(25)45-4)27-10-8-26(9-11-27)23-42(38(44)29-14-17-32(18-15-29)40-36(43)24-41(2)3)33-7-5-6-31(21-33)35-22-39-37(46-35)28-12-13-28/h5-7,16,19-22,26-29,32H,8-15,17-18,23-24H2,1-4H3,(H,40,43)/t26-,27-,29-,32-. The van der Waals surface area contributed by atoms with Crippen LogP contribution in [0.25, 0.3) is 10.4 Å². The summed E-state index contributed by atoms with van der Waals surface area (Å²) in [6, 6.07) is 15.3. The summed E-state index contributed by atoms with van der Waals surface area (Å²) < 4.78 is 5.49. The fraction of sp³-hybridized carbons (Fsp3) is 0.553. The van der Waals surface area contributed by atoms with Gasteiger partial charge in [0.2, 0.25) is 11.8 Å². The van der Waals surface area contributed by atoms with Gasteiger partial charge in [-0.05, 0) is 132 Å². The number of aromatic nitrogens is 1. The highest BCUT2D eigenvalue weighted by Crippen LogP contribution is 2.44. The van der Waals surface area contributed by atoms with Gasteiger partial charge < -0.3 is 19.9 Å². The number of likely N-dealkylation sites (N-methyl/N-ethyl adjacent to an activating group) is 1. The van der Waals surface area contributed by atoms with E-state index >= 15 is 0 Å². The highest BCUT2D eigenvalue weighted by molar-refractivity contribution is 7.15. The maximum Gasteiger partial charge on any atom is 0.234 e. The Hall–Kier alpha value is -3.23. The van der Waals surface area contributed by atoms with Gasteiger partial charge in [0.25, 0.3) is 0 Å². The summed E-state index contributed by atoms with van der Waals surface area (Å²) in [6.45, 7) is 3.27. The first-order valence-corrected chi connectivity index (χ1v) is 18.0. The topological polar surface area (TPSA) is 74.8 Å². The molecule has 0 spiro atoms. The van der Waals surface area contributed by atoms with Crippen LogP contribution in [0.1, 0.15) is 92.2 Å². The van der Waals surface area contributed by atoms with Crippen molar-refractivity contribution in [2.45, 2.75) is 89.0 Å². The van der Waals surface area contributed by atoms with Gasteiger partial charge >= 0.3 is 0 Å². The molecule has 6 rings (SSSR count). The van der Waals surface area contributed by atoms with E-state index in [0.717, 1.165) is 74.9 Å². The molecule has 0 aliphatic heterocycles. The molecule has 1 heterocycles. The molecule has 8 heteroatoms. The van der Waals surface area contributed by atoms with Crippen LogP contribution in [-0.4, -0.2) is 62.0 Å². The van der Waals surface area contributed by atoms with E-state index in [1.165, 1.54) is 33.9 Å². The van der Waals surface area contributed by atoms with Crippen molar-refractivity contribution in [1.29, 1.82) is 0 Å². The van der Waals surface area contributed by atoms with E-state index in [1.807, 2.05) is 25.2 Å². The van der Waals surface area contributed by atoms with Crippen LogP contribution in [0, 0.1) is 18.8 Å². The van der Waals surface area contributed by atoms with Gasteiger partial charge in [-0.25, -0.2) is 4.98 Å². The number of thiazole rings is 1. The number of aryl methyl sites for hydroxylation is 1. The minimum atomic E-state index is -0.0193. The molecule has 2 amide bonds. The van der Waals surface area contributed by atoms with Crippen LogP contribution in [0.2, 0.25) is 0 Å². The molecule has 0 atom stereocenters. The van der Waals surface area contributed by atoms with Gasteiger partial charge in [0.15, 0.2) is 0 Å². The predicted molar refractivity (Wildman–Crippen MR) is 187 cm³/mol. The first kappa shape index (κ1) is 32.7. The zero-order chi connectivity index (χ0) is 32.2. The van der Waals surface area contributed by atoms with Crippen LogP contribution in [0.4, 0.5) is 5.69 Å². The molecule has 0 bridgehead atoms. The first-order valence-electron chi connectivity index (χ1n) is 17.2.